The molecule has 0 saturated carbocycles. The molecule has 1 aliphatic heterocycles. The maximum atomic E-state index is 13.2. The van der Waals surface area contributed by atoms with Crippen LogP contribution in [0.4, 0.5) is 0 Å². The van der Waals surface area contributed by atoms with Gasteiger partial charge in [0.05, 0.1) is 19.7 Å². The molecule has 1 fully saturated rings. The van der Waals surface area contributed by atoms with E-state index in [1.807, 2.05) is 19.1 Å². The number of Topliss-reactive ketones (excluding diaryl/α,β-unsaturated/α-hetero) is 1. The van der Waals surface area contributed by atoms with Crippen LogP contribution in [0.3, 0.4) is 0 Å². The third-order valence-corrected chi connectivity index (χ3v) is 5.91. The zero-order valence-corrected chi connectivity index (χ0v) is 20.9. The number of aryl methyl sites for hydroxylation is 1. The molecule has 0 aromatic heterocycles. The summed E-state index contributed by atoms with van der Waals surface area (Å²) in [7, 11) is 0. The van der Waals surface area contributed by atoms with Gasteiger partial charge in [-0.3, -0.25) is 4.79 Å². The van der Waals surface area contributed by atoms with Crippen LogP contribution in [0.25, 0.3) is 0 Å². The van der Waals surface area contributed by atoms with E-state index in [0.717, 1.165) is 35.4 Å². The number of carbonyl (C=O) groups is 1. The number of rotatable bonds is 8. The second kappa shape index (κ2) is 12.0. The summed E-state index contributed by atoms with van der Waals surface area (Å²) in [6.07, 6.45) is 5.52. The normalized spacial score (nSPS) is 15.8. The second-order valence-electron chi connectivity index (χ2n) is 8.24. The fraction of sp³-hybridized carbons (Fsp3) is 0.480. The first-order valence-corrected chi connectivity index (χ1v) is 10.7. The quantitative estimate of drug-likeness (QED) is 0.504. The van der Waals surface area contributed by atoms with Crippen molar-refractivity contribution in [2.45, 2.75) is 52.5 Å². The molecule has 0 aliphatic carbocycles. The topological polar surface area (TPSA) is 26.3 Å². The first-order valence-electron chi connectivity index (χ1n) is 10.7. The molecular formula is C25H34NO2Y+. The van der Waals surface area contributed by atoms with Gasteiger partial charge in [-0.1, -0.05) is 36.4 Å². The fourth-order valence-electron chi connectivity index (χ4n) is 4.44. The zero-order chi connectivity index (χ0) is 19.8. The first kappa shape index (κ1) is 24.2. The molecule has 1 radical (unpaired) electrons. The van der Waals surface area contributed by atoms with Gasteiger partial charge < -0.3 is 9.22 Å². The van der Waals surface area contributed by atoms with Gasteiger partial charge in [0.25, 0.3) is 0 Å². The Kier molecular flexibility index (Phi) is 10.0. The summed E-state index contributed by atoms with van der Waals surface area (Å²) in [5.74, 6) is 1.20. The number of quaternary nitrogens is 1. The van der Waals surface area contributed by atoms with Crippen LogP contribution in [0.15, 0.2) is 48.5 Å². The Labute approximate surface area is 201 Å². The predicted octanol–water partition coefficient (Wildman–Crippen LogP) is 5.09. The number of ketones is 1. The van der Waals surface area contributed by atoms with E-state index in [1.54, 1.807) is 0 Å². The largest absolute Gasteiger partial charge is 0.494 e. The van der Waals surface area contributed by atoms with E-state index in [4.69, 9.17) is 4.74 Å². The van der Waals surface area contributed by atoms with E-state index in [-0.39, 0.29) is 32.7 Å². The van der Waals surface area contributed by atoms with Gasteiger partial charge in [-0.25, -0.2) is 0 Å². The van der Waals surface area contributed by atoms with Gasteiger partial charge in [0, 0.05) is 44.7 Å². The van der Waals surface area contributed by atoms with Crippen molar-refractivity contribution in [3.8, 4) is 5.75 Å². The Morgan fingerprint density at radius 1 is 1.00 bits per heavy atom. The molecule has 0 spiro atoms. The molecule has 1 aliphatic rings. The number of hydrogen-bond acceptors (Lipinski definition) is 2. The molecule has 0 amide bonds. The average molecular weight is 469 g/mol. The van der Waals surface area contributed by atoms with Crippen molar-refractivity contribution in [1.29, 1.82) is 0 Å². The van der Waals surface area contributed by atoms with Crippen molar-refractivity contribution in [3.05, 3.63) is 65.2 Å². The summed E-state index contributed by atoms with van der Waals surface area (Å²) >= 11 is 0. The maximum Gasteiger partial charge on any atom is 0.191 e. The molecular weight excluding hydrogens is 435 g/mol. The van der Waals surface area contributed by atoms with Crippen molar-refractivity contribution in [1.82, 2.24) is 0 Å². The van der Waals surface area contributed by atoms with E-state index in [1.165, 1.54) is 36.8 Å². The molecule has 1 saturated heterocycles. The van der Waals surface area contributed by atoms with Gasteiger partial charge in [0.1, 0.15) is 18.8 Å². The Hall–Kier alpha value is -1.03. The molecule has 0 unspecified atom stereocenters. The SMILES string of the molecule is CCOc1ccc(C)c(CC(=O)C[N+]2(Cc3ccccc3)CCCCCC2)c1.[Y]. The molecule has 2 aromatic rings. The van der Waals surface area contributed by atoms with Gasteiger partial charge in [0.2, 0.25) is 0 Å². The molecule has 4 heteroatoms. The van der Waals surface area contributed by atoms with Crippen molar-refractivity contribution in [3.63, 3.8) is 0 Å². The summed E-state index contributed by atoms with van der Waals surface area (Å²) < 4.78 is 6.54. The molecule has 1 heterocycles. The summed E-state index contributed by atoms with van der Waals surface area (Å²) in [6, 6.07) is 16.8. The first-order chi connectivity index (χ1) is 13.6. The van der Waals surface area contributed by atoms with Crippen LogP contribution in [0.1, 0.15) is 49.3 Å². The van der Waals surface area contributed by atoms with Crippen LogP contribution >= 0.6 is 0 Å². The van der Waals surface area contributed by atoms with Crippen LogP contribution in [0.2, 0.25) is 0 Å². The predicted molar refractivity (Wildman–Crippen MR) is 115 cm³/mol. The molecule has 0 N–H and O–H groups in total. The molecule has 0 atom stereocenters. The van der Waals surface area contributed by atoms with Gasteiger partial charge >= 0.3 is 0 Å². The number of ether oxygens (including phenoxy) is 1. The third kappa shape index (κ3) is 7.31. The van der Waals surface area contributed by atoms with Crippen molar-refractivity contribution in [2.75, 3.05) is 26.2 Å². The summed E-state index contributed by atoms with van der Waals surface area (Å²) in [4.78, 5) is 13.2. The Bertz CT molecular complexity index is 768. The van der Waals surface area contributed by atoms with Gasteiger partial charge in [-0.15, -0.1) is 0 Å². The number of carbonyl (C=O) groups excluding carboxylic acids is 1. The van der Waals surface area contributed by atoms with Crippen LogP contribution in [0, 0.1) is 6.92 Å². The third-order valence-electron chi connectivity index (χ3n) is 5.91. The molecule has 29 heavy (non-hydrogen) atoms. The monoisotopic (exact) mass is 469 g/mol. The van der Waals surface area contributed by atoms with E-state index in [2.05, 4.69) is 43.3 Å². The Morgan fingerprint density at radius 3 is 2.34 bits per heavy atom. The molecule has 2 aromatic carbocycles. The zero-order valence-electron chi connectivity index (χ0n) is 18.0. The van der Waals surface area contributed by atoms with E-state index in [0.29, 0.717) is 25.4 Å². The van der Waals surface area contributed by atoms with Crippen LogP contribution in [0.5, 0.6) is 5.75 Å². The van der Waals surface area contributed by atoms with Crippen molar-refractivity contribution >= 4 is 5.78 Å². The number of hydrogen-bond donors (Lipinski definition) is 0. The molecule has 3 rings (SSSR count). The minimum Gasteiger partial charge on any atom is -0.494 e. The minimum atomic E-state index is 0. The van der Waals surface area contributed by atoms with Gasteiger partial charge in [-0.2, -0.15) is 0 Å². The second-order valence-corrected chi connectivity index (χ2v) is 8.24. The van der Waals surface area contributed by atoms with Crippen LogP contribution < -0.4 is 4.74 Å². The Balaban J connectivity index is 0.00000300. The smallest absolute Gasteiger partial charge is 0.191 e. The summed E-state index contributed by atoms with van der Waals surface area (Å²) in [5.41, 5.74) is 3.61. The van der Waals surface area contributed by atoms with E-state index >= 15 is 0 Å². The number of nitrogens with zero attached hydrogens (tertiary/aromatic N) is 1. The summed E-state index contributed by atoms with van der Waals surface area (Å²) in [6.45, 7) is 8.53. The Morgan fingerprint density at radius 2 is 1.69 bits per heavy atom. The molecule has 153 valence electrons. The van der Waals surface area contributed by atoms with Crippen LogP contribution in [-0.2, 0) is 50.5 Å². The standard InChI is InChI=1S/C25H34NO2.Y/c1-3-28-25-14-13-21(2)23(18-25)17-24(27)20-26(15-9-4-5-10-16-26)19-22-11-7-6-8-12-22;/h6-8,11-14,18H,3-5,9-10,15-17,19-20H2,1-2H3;/q+1;. The van der Waals surface area contributed by atoms with Gasteiger partial charge in [-0.05, 0) is 62.8 Å². The minimum absolute atomic E-state index is 0. The fourth-order valence-corrected chi connectivity index (χ4v) is 4.44. The van der Waals surface area contributed by atoms with Crippen LogP contribution in [-0.4, -0.2) is 36.5 Å². The molecule has 0 bridgehead atoms. The molecule has 3 nitrogen and oxygen atoms in total. The average Bonchev–Trinajstić information content (AvgIpc) is 2.91. The van der Waals surface area contributed by atoms with Crippen molar-refractivity contribution < 1.29 is 46.7 Å². The van der Waals surface area contributed by atoms with Crippen molar-refractivity contribution in [2.24, 2.45) is 0 Å². The summed E-state index contributed by atoms with van der Waals surface area (Å²) in [5, 5.41) is 0. The number of benzene rings is 2. The van der Waals surface area contributed by atoms with E-state index in [9.17, 15) is 4.79 Å². The van der Waals surface area contributed by atoms with Gasteiger partial charge in [0.15, 0.2) is 5.78 Å². The maximum absolute atomic E-state index is 13.2. The van der Waals surface area contributed by atoms with E-state index < -0.39 is 0 Å². The number of likely N-dealkylation sites (tertiary alicyclic amines) is 1.